The zero-order valence-corrected chi connectivity index (χ0v) is 12.6. The monoisotopic (exact) mass is 282 g/mol. The maximum absolute atomic E-state index is 11.7. The van der Waals surface area contributed by atoms with Gasteiger partial charge in [-0.1, -0.05) is 19.1 Å². The van der Waals surface area contributed by atoms with Gasteiger partial charge in [0, 0.05) is 11.8 Å². The number of aliphatic hydroxyl groups is 1. The first-order valence-electron chi connectivity index (χ1n) is 8.40. The molecule has 0 unspecified atom stereocenters. The Balaban J connectivity index is 1.69. The minimum absolute atomic E-state index is 0.0158. The average Bonchev–Trinajstić information content (AvgIpc) is 3.12. The van der Waals surface area contributed by atoms with Crippen molar-refractivity contribution in [3.05, 3.63) is 34.9 Å². The van der Waals surface area contributed by atoms with Crippen molar-refractivity contribution in [2.75, 3.05) is 0 Å². The maximum Gasteiger partial charge on any atom is 0.156 e. The third kappa shape index (κ3) is 1.27. The first-order valence-corrected chi connectivity index (χ1v) is 8.40. The fourth-order valence-electron chi connectivity index (χ4n) is 6.19. The average molecular weight is 282 g/mol. The second kappa shape index (κ2) is 3.60. The van der Waals surface area contributed by atoms with Crippen LogP contribution in [-0.4, -0.2) is 17.0 Å². The highest BCUT2D eigenvalue weighted by molar-refractivity contribution is 5.93. The molecular weight excluding hydrogens is 260 g/mol. The molecule has 110 valence electrons. The standard InChI is InChI=1S/C19H22O2/c1-18-7-6-15-14-4-3-13(20)8-11(14)2-5-16(15)19(18)10-12(19)9-17(18)21/h6-8,12,16-17,21H,2-5,9-10H2,1H3/t12-,16+,17+,18+,19+/m0/s1. The number of fused-ring (bicyclic) bond motifs is 2. The predicted molar refractivity (Wildman–Crippen MR) is 80.5 cm³/mol. The summed E-state index contributed by atoms with van der Waals surface area (Å²) in [5.74, 6) is 1.64. The number of rotatable bonds is 0. The van der Waals surface area contributed by atoms with E-state index in [1.165, 1.54) is 29.6 Å². The van der Waals surface area contributed by atoms with Gasteiger partial charge in [-0.2, -0.15) is 0 Å². The zero-order chi connectivity index (χ0) is 14.4. The molecule has 0 aromatic heterocycles. The third-order valence-electron chi connectivity index (χ3n) is 7.36. The van der Waals surface area contributed by atoms with Gasteiger partial charge in [0.2, 0.25) is 0 Å². The second-order valence-corrected chi connectivity index (χ2v) is 7.97. The van der Waals surface area contributed by atoms with E-state index in [1.807, 2.05) is 6.08 Å². The van der Waals surface area contributed by atoms with Crippen molar-refractivity contribution in [2.45, 2.75) is 51.6 Å². The molecule has 5 aliphatic rings. The van der Waals surface area contributed by atoms with Crippen LogP contribution in [0.5, 0.6) is 0 Å². The predicted octanol–water partition coefficient (Wildman–Crippen LogP) is 3.33. The Morgan fingerprint density at radius 2 is 2.14 bits per heavy atom. The van der Waals surface area contributed by atoms with Gasteiger partial charge in [-0.25, -0.2) is 0 Å². The summed E-state index contributed by atoms with van der Waals surface area (Å²) in [6.45, 7) is 2.28. The second-order valence-electron chi connectivity index (χ2n) is 7.97. The van der Waals surface area contributed by atoms with Crippen molar-refractivity contribution in [1.29, 1.82) is 0 Å². The summed E-state index contributed by atoms with van der Waals surface area (Å²) >= 11 is 0. The molecule has 1 spiro atoms. The molecule has 0 aliphatic heterocycles. The summed E-state index contributed by atoms with van der Waals surface area (Å²) < 4.78 is 0. The molecule has 0 bridgehead atoms. The lowest BCUT2D eigenvalue weighted by molar-refractivity contribution is -0.114. The van der Waals surface area contributed by atoms with E-state index in [4.69, 9.17) is 0 Å². The van der Waals surface area contributed by atoms with E-state index in [0.717, 1.165) is 25.2 Å². The number of hydrogen-bond donors (Lipinski definition) is 1. The molecule has 2 nitrogen and oxygen atoms in total. The maximum atomic E-state index is 11.7. The quantitative estimate of drug-likeness (QED) is 0.740. The summed E-state index contributed by atoms with van der Waals surface area (Å²) in [5.41, 5.74) is 4.59. The number of hydrogen-bond acceptors (Lipinski definition) is 2. The molecule has 2 fully saturated rings. The first-order chi connectivity index (χ1) is 10.1. The van der Waals surface area contributed by atoms with Crippen LogP contribution in [0.1, 0.15) is 45.4 Å². The molecule has 5 rings (SSSR count). The highest BCUT2D eigenvalue weighted by Gasteiger charge is 2.75. The van der Waals surface area contributed by atoms with Gasteiger partial charge in [0.15, 0.2) is 5.78 Å². The van der Waals surface area contributed by atoms with Gasteiger partial charge >= 0.3 is 0 Å². The molecule has 21 heavy (non-hydrogen) atoms. The Morgan fingerprint density at radius 1 is 1.29 bits per heavy atom. The van der Waals surface area contributed by atoms with E-state index in [-0.39, 0.29) is 11.5 Å². The van der Waals surface area contributed by atoms with Gasteiger partial charge in [0.25, 0.3) is 0 Å². The van der Waals surface area contributed by atoms with Crippen LogP contribution >= 0.6 is 0 Å². The molecule has 0 aromatic rings. The van der Waals surface area contributed by atoms with E-state index >= 15 is 0 Å². The molecule has 0 amide bonds. The molecule has 5 atom stereocenters. The Hall–Kier alpha value is -1.15. The van der Waals surface area contributed by atoms with E-state index in [0.29, 0.717) is 23.5 Å². The number of aliphatic hydroxyl groups excluding tert-OH is 1. The fourth-order valence-corrected chi connectivity index (χ4v) is 6.19. The Kier molecular flexibility index (Phi) is 2.13. The van der Waals surface area contributed by atoms with Crippen LogP contribution in [0.25, 0.3) is 0 Å². The molecule has 0 heterocycles. The lowest BCUT2D eigenvalue weighted by atomic mass is 9.57. The lowest BCUT2D eigenvalue weighted by Crippen LogP contribution is -2.43. The Bertz CT molecular complexity index is 652. The van der Waals surface area contributed by atoms with Crippen LogP contribution in [0.4, 0.5) is 0 Å². The van der Waals surface area contributed by atoms with Crippen molar-refractivity contribution in [3.63, 3.8) is 0 Å². The van der Waals surface area contributed by atoms with Crippen LogP contribution in [0.15, 0.2) is 34.9 Å². The van der Waals surface area contributed by atoms with Crippen LogP contribution in [0.2, 0.25) is 0 Å². The summed E-state index contributed by atoms with van der Waals surface area (Å²) in [6.07, 6.45) is 12.5. The SMILES string of the molecule is C[C@]12C=CC3=C4CCC(=O)C=C4CC[C@H]3[C@]13C[C@@H]3C[C@H]2O. The number of ketones is 1. The van der Waals surface area contributed by atoms with Gasteiger partial charge < -0.3 is 5.11 Å². The molecule has 0 radical (unpaired) electrons. The van der Waals surface area contributed by atoms with Gasteiger partial charge in [0.05, 0.1) is 6.10 Å². The molecule has 2 heteroatoms. The van der Waals surface area contributed by atoms with Crippen LogP contribution in [0.3, 0.4) is 0 Å². The van der Waals surface area contributed by atoms with Crippen molar-refractivity contribution < 1.29 is 9.90 Å². The van der Waals surface area contributed by atoms with E-state index in [2.05, 4.69) is 19.1 Å². The Labute approximate surface area is 125 Å². The van der Waals surface area contributed by atoms with Crippen molar-refractivity contribution >= 4 is 5.78 Å². The molecular formula is C19H22O2. The van der Waals surface area contributed by atoms with Gasteiger partial charge in [-0.3, -0.25) is 4.79 Å². The van der Waals surface area contributed by atoms with Gasteiger partial charge in [-0.05, 0) is 72.2 Å². The lowest BCUT2D eigenvalue weighted by Gasteiger charge is -2.47. The van der Waals surface area contributed by atoms with Crippen molar-refractivity contribution in [1.82, 2.24) is 0 Å². The summed E-state index contributed by atoms with van der Waals surface area (Å²) in [6, 6.07) is 0. The highest BCUT2D eigenvalue weighted by Crippen LogP contribution is 2.79. The summed E-state index contributed by atoms with van der Waals surface area (Å²) in [5, 5.41) is 10.5. The number of allylic oxidation sites excluding steroid dienone is 5. The molecule has 1 N–H and O–H groups in total. The smallest absolute Gasteiger partial charge is 0.156 e. The molecule has 5 aliphatic carbocycles. The van der Waals surface area contributed by atoms with Gasteiger partial charge in [-0.15, -0.1) is 0 Å². The minimum Gasteiger partial charge on any atom is -0.392 e. The number of carbonyl (C=O) groups is 1. The molecule has 2 saturated carbocycles. The normalized spacial score (nSPS) is 50.1. The minimum atomic E-state index is -0.163. The first kappa shape index (κ1) is 12.4. The van der Waals surface area contributed by atoms with E-state index in [9.17, 15) is 9.90 Å². The van der Waals surface area contributed by atoms with Gasteiger partial charge in [0.1, 0.15) is 0 Å². The topological polar surface area (TPSA) is 37.3 Å². The van der Waals surface area contributed by atoms with E-state index in [1.54, 1.807) is 0 Å². The third-order valence-corrected chi connectivity index (χ3v) is 7.36. The molecule has 0 aromatic carbocycles. The zero-order valence-electron chi connectivity index (χ0n) is 12.6. The van der Waals surface area contributed by atoms with Crippen LogP contribution in [-0.2, 0) is 4.79 Å². The van der Waals surface area contributed by atoms with E-state index < -0.39 is 0 Å². The fraction of sp³-hybridized carbons (Fsp3) is 0.632. The Morgan fingerprint density at radius 3 is 3.00 bits per heavy atom. The van der Waals surface area contributed by atoms with Crippen molar-refractivity contribution in [3.8, 4) is 0 Å². The molecule has 0 saturated heterocycles. The number of carbonyl (C=O) groups excluding carboxylic acids is 1. The van der Waals surface area contributed by atoms with Crippen LogP contribution in [0, 0.1) is 22.7 Å². The summed E-state index contributed by atoms with van der Waals surface area (Å²) in [4.78, 5) is 11.7. The summed E-state index contributed by atoms with van der Waals surface area (Å²) in [7, 11) is 0. The highest BCUT2D eigenvalue weighted by atomic mass is 16.3. The largest absolute Gasteiger partial charge is 0.392 e. The van der Waals surface area contributed by atoms with Crippen molar-refractivity contribution in [2.24, 2.45) is 22.7 Å². The van der Waals surface area contributed by atoms with Crippen LogP contribution < -0.4 is 0 Å².